The van der Waals surface area contributed by atoms with Crippen LogP contribution in [0.3, 0.4) is 0 Å². The molecule has 0 fully saturated rings. The highest BCUT2D eigenvalue weighted by Gasteiger charge is 2.22. The van der Waals surface area contributed by atoms with Crippen LogP contribution in [0, 0.1) is 0 Å². The second-order valence-electron chi connectivity index (χ2n) is 3.96. The number of quaternary nitrogens is 1. The number of hydrogen-bond acceptors (Lipinski definition) is 1. The first-order valence-corrected chi connectivity index (χ1v) is 6.33. The zero-order valence-corrected chi connectivity index (χ0v) is 11.6. The molecule has 0 aromatic carbocycles. The van der Waals surface area contributed by atoms with Gasteiger partial charge in [0, 0.05) is 5.75 Å². The van der Waals surface area contributed by atoms with Gasteiger partial charge in [0.25, 0.3) is 0 Å². The summed E-state index contributed by atoms with van der Waals surface area (Å²) in [6, 6.07) is 0. The highest BCUT2D eigenvalue weighted by molar-refractivity contribution is 7.80. The van der Waals surface area contributed by atoms with Crippen molar-refractivity contribution in [3.63, 3.8) is 0 Å². The number of hydrogen-bond donors (Lipinski definition) is 1. The lowest BCUT2D eigenvalue weighted by molar-refractivity contribution is -0.926. The molecule has 0 radical (unpaired) electrons. The summed E-state index contributed by atoms with van der Waals surface area (Å²) in [7, 11) is 0. The zero-order valence-electron chi connectivity index (χ0n) is 9.93. The maximum absolute atomic E-state index is 4.38. The molecule has 0 N–H and O–H groups in total. The molecule has 0 aromatic rings. The van der Waals surface area contributed by atoms with Gasteiger partial charge in [-0.3, -0.25) is 0 Å². The number of rotatable bonds is 8. The molecule has 0 rings (SSSR count). The van der Waals surface area contributed by atoms with Gasteiger partial charge in [-0.25, -0.2) is 0 Å². The zero-order chi connectivity index (χ0) is 10.2. The van der Waals surface area contributed by atoms with Crippen LogP contribution in [-0.4, -0.2) is 36.4 Å². The fourth-order valence-corrected chi connectivity index (χ4v) is 2.73. The molecule has 14 heavy (non-hydrogen) atoms. The van der Waals surface area contributed by atoms with Gasteiger partial charge in [0.05, 0.1) is 26.2 Å². The van der Waals surface area contributed by atoms with Crippen molar-refractivity contribution in [2.45, 2.75) is 40.0 Å². The summed E-state index contributed by atoms with van der Waals surface area (Å²) >= 11 is 4.38. The highest BCUT2D eigenvalue weighted by Crippen LogP contribution is 2.11. The Labute approximate surface area is 102 Å². The van der Waals surface area contributed by atoms with E-state index in [1.807, 2.05) is 0 Å². The molecule has 0 aliphatic carbocycles. The fraction of sp³-hybridized carbons (Fsp3) is 1.00. The molecule has 0 unspecified atom stereocenters. The summed E-state index contributed by atoms with van der Waals surface area (Å²) in [5.41, 5.74) is 0. The summed E-state index contributed by atoms with van der Waals surface area (Å²) in [4.78, 5) is 0. The number of nitrogens with zero attached hydrogens (tertiary/aromatic N) is 1. The lowest BCUT2D eigenvalue weighted by Crippen LogP contribution is -3.00. The maximum Gasteiger partial charge on any atom is 0.0876 e. The van der Waals surface area contributed by atoms with E-state index in [1.54, 1.807) is 0 Å². The largest absolute Gasteiger partial charge is 1.00 e. The molecule has 0 bridgehead atoms. The van der Waals surface area contributed by atoms with Gasteiger partial charge in [-0.05, 0) is 19.3 Å². The molecule has 88 valence electrons. The van der Waals surface area contributed by atoms with E-state index in [4.69, 9.17) is 0 Å². The third-order valence-corrected chi connectivity index (χ3v) is 2.87. The average molecular weight is 240 g/mol. The second-order valence-corrected chi connectivity index (χ2v) is 4.41. The third kappa shape index (κ3) is 6.15. The van der Waals surface area contributed by atoms with Crippen molar-refractivity contribution in [1.29, 1.82) is 0 Å². The van der Waals surface area contributed by atoms with E-state index >= 15 is 0 Å². The summed E-state index contributed by atoms with van der Waals surface area (Å²) in [6.45, 7) is 12.1. The first-order valence-electron chi connectivity index (χ1n) is 5.70. The van der Waals surface area contributed by atoms with Crippen LogP contribution in [0.2, 0.25) is 0 Å². The van der Waals surface area contributed by atoms with Crippen LogP contribution >= 0.6 is 12.6 Å². The Morgan fingerprint density at radius 2 is 1.14 bits per heavy atom. The molecular weight excluding hydrogens is 214 g/mol. The molecule has 0 aromatic heterocycles. The number of thiol groups is 1. The summed E-state index contributed by atoms with van der Waals surface area (Å²) in [5.74, 6) is 1.03. The molecule has 0 saturated carbocycles. The topological polar surface area (TPSA) is 0 Å². The minimum Gasteiger partial charge on any atom is -1.00 e. The Hall–Kier alpha value is 0.600. The molecule has 0 atom stereocenters. The molecule has 0 aliphatic rings. The lowest BCUT2D eigenvalue weighted by Gasteiger charge is -2.38. The predicted octanol–water partition coefficient (Wildman–Crippen LogP) is -0.0330. The summed E-state index contributed by atoms with van der Waals surface area (Å²) in [5, 5.41) is 0. The van der Waals surface area contributed by atoms with Gasteiger partial charge >= 0.3 is 0 Å². The van der Waals surface area contributed by atoms with Crippen LogP contribution in [0.1, 0.15) is 40.0 Å². The van der Waals surface area contributed by atoms with Gasteiger partial charge < -0.3 is 16.9 Å². The van der Waals surface area contributed by atoms with E-state index in [1.165, 1.54) is 49.9 Å². The first-order chi connectivity index (χ1) is 6.24. The van der Waals surface area contributed by atoms with Gasteiger partial charge in [0.2, 0.25) is 0 Å². The van der Waals surface area contributed by atoms with E-state index in [2.05, 4.69) is 33.4 Å². The lowest BCUT2D eigenvalue weighted by atomic mass is 10.2. The van der Waals surface area contributed by atoms with Crippen molar-refractivity contribution in [1.82, 2.24) is 0 Å². The maximum atomic E-state index is 4.38. The van der Waals surface area contributed by atoms with Crippen molar-refractivity contribution < 1.29 is 16.9 Å². The second kappa shape index (κ2) is 10.1. The van der Waals surface area contributed by atoms with E-state index < -0.39 is 0 Å². The van der Waals surface area contributed by atoms with Crippen LogP contribution in [0.4, 0.5) is 0 Å². The van der Waals surface area contributed by atoms with E-state index in [-0.39, 0.29) is 12.4 Å². The molecule has 0 aliphatic heterocycles. The van der Waals surface area contributed by atoms with Crippen LogP contribution in [0.25, 0.3) is 0 Å². The first kappa shape index (κ1) is 17.0. The molecule has 0 saturated heterocycles. The summed E-state index contributed by atoms with van der Waals surface area (Å²) < 4.78 is 1.30. The van der Waals surface area contributed by atoms with Crippen molar-refractivity contribution >= 4 is 12.6 Å². The van der Waals surface area contributed by atoms with Crippen molar-refractivity contribution in [2.24, 2.45) is 0 Å². The Morgan fingerprint density at radius 3 is 1.36 bits per heavy atom. The standard InChI is InChI=1S/C11H25NS.ClH/c1-4-7-12(8-5-2,9-6-3)10-11-13;/h4-11H2,1-3H3;1H. The normalized spacial score (nSPS) is 11.1. The molecule has 0 spiro atoms. The predicted molar refractivity (Wildman–Crippen MR) is 64.5 cm³/mol. The third-order valence-electron chi connectivity index (χ3n) is 2.67. The van der Waals surface area contributed by atoms with Crippen LogP contribution in [0.5, 0.6) is 0 Å². The SMILES string of the molecule is CCC[N+](CCC)(CCC)CCS.[Cl-]. The fourth-order valence-electron chi connectivity index (χ4n) is 2.31. The Balaban J connectivity index is 0. The van der Waals surface area contributed by atoms with E-state index in [9.17, 15) is 0 Å². The molecular formula is C11H26ClNS. The van der Waals surface area contributed by atoms with E-state index in [0.29, 0.717) is 0 Å². The molecule has 0 amide bonds. The van der Waals surface area contributed by atoms with Crippen LogP contribution in [0.15, 0.2) is 0 Å². The van der Waals surface area contributed by atoms with E-state index in [0.717, 1.165) is 5.75 Å². The van der Waals surface area contributed by atoms with Gasteiger partial charge in [-0.2, -0.15) is 12.6 Å². The quantitative estimate of drug-likeness (QED) is 0.447. The van der Waals surface area contributed by atoms with Gasteiger partial charge in [0.1, 0.15) is 0 Å². The summed E-state index contributed by atoms with van der Waals surface area (Å²) in [6.07, 6.45) is 3.90. The van der Waals surface area contributed by atoms with Crippen LogP contribution < -0.4 is 12.4 Å². The van der Waals surface area contributed by atoms with Crippen molar-refractivity contribution in [2.75, 3.05) is 31.9 Å². The minimum absolute atomic E-state index is 0. The smallest absolute Gasteiger partial charge is 0.0876 e. The number of halogens is 1. The van der Waals surface area contributed by atoms with Gasteiger partial charge in [-0.1, -0.05) is 20.8 Å². The van der Waals surface area contributed by atoms with Crippen LogP contribution in [-0.2, 0) is 0 Å². The molecule has 3 heteroatoms. The Kier molecular flexibility index (Phi) is 12.3. The Bertz CT molecular complexity index is 90.3. The monoisotopic (exact) mass is 239 g/mol. The molecule has 0 heterocycles. The van der Waals surface area contributed by atoms with Gasteiger partial charge in [-0.15, -0.1) is 0 Å². The molecule has 1 nitrogen and oxygen atoms in total. The highest BCUT2D eigenvalue weighted by atomic mass is 35.5. The van der Waals surface area contributed by atoms with Gasteiger partial charge in [0.15, 0.2) is 0 Å². The minimum atomic E-state index is 0. The Morgan fingerprint density at radius 1 is 0.786 bits per heavy atom. The average Bonchev–Trinajstić information content (AvgIpc) is 2.06. The van der Waals surface area contributed by atoms with Crippen molar-refractivity contribution in [3.8, 4) is 0 Å². The van der Waals surface area contributed by atoms with Crippen molar-refractivity contribution in [3.05, 3.63) is 0 Å².